The number of aliphatic imine (C=N–C) groups is 1. The van der Waals surface area contributed by atoms with E-state index in [2.05, 4.69) is 4.99 Å². The van der Waals surface area contributed by atoms with E-state index in [1.807, 2.05) is 4.90 Å². The van der Waals surface area contributed by atoms with Gasteiger partial charge in [-0.25, -0.2) is 4.99 Å². The lowest BCUT2D eigenvalue weighted by Crippen LogP contribution is -2.52. The van der Waals surface area contributed by atoms with Crippen LogP contribution in [-0.4, -0.2) is 54.9 Å². The molecule has 0 saturated carbocycles. The van der Waals surface area contributed by atoms with Gasteiger partial charge in [0, 0.05) is 31.2 Å². The molecule has 1 aromatic rings. The lowest BCUT2D eigenvalue weighted by molar-refractivity contribution is -0.185. The summed E-state index contributed by atoms with van der Waals surface area (Å²) in [7, 11) is 0. The van der Waals surface area contributed by atoms with Gasteiger partial charge in [0.05, 0.1) is 17.3 Å². The molecule has 1 fully saturated rings. The second kappa shape index (κ2) is 7.48. The molecular weight excluding hydrogens is 368 g/mol. The van der Waals surface area contributed by atoms with Gasteiger partial charge in [0.25, 0.3) is 0 Å². The quantitative estimate of drug-likeness (QED) is 0.496. The van der Waals surface area contributed by atoms with Gasteiger partial charge >= 0.3 is 12.1 Å². The number of nitrogens with two attached hydrogens (primary N) is 1. The molecule has 1 saturated heterocycles. The molecule has 1 aromatic carbocycles. The van der Waals surface area contributed by atoms with E-state index in [4.69, 9.17) is 28.9 Å². The fourth-order valence-electron chi connectivity index (χ4n) is 2.37. The van der Waals surface area contributed by atoms with E-state index in [0.717, 1.165) is 4.90 Å². The standard InChI is InChI=1S/C14H15Cl2F3N4O/c15-8-12(20)21-10-7-9(16)1-2-11(10)22-3-5-23(6-4-22)13(24)14(17,18)19/h1-2,7H,3-6,8H2,(H2,20,21). The summed E-state index contributed by atoms with van der Waals surface area (Å²) < 4.78 is 37.4. The van der Waals surface area contributed by atoms with Crippen molar-refractivity contribution in [1.82, 2.24) is 4.90 Å². The predicted molar refractivity (Wildman–Crippen MR) is 88.3 cm³/mol. The molecule has 0 unspecified atom stereocenters. The third-order valence-corrected chi connectivity index (χ3v) is 4.00. The van der Waals surface area contributed by atoms with Crippen molar-refractivity contribution in [3.63, 3.8) is 0 Å². The molecule has 1 aliphatic rings. The minimum Gasteiger partial charge on any atom is -0.386 e. The van der Waals surface area contributed by atoms with Gasteiger partial charge in [0.15, 0.2) is 0 Å². The maximum atomic E-state index is 12.5. The van der Waals surface area contributed by atoms with Crippen molar-refractivity contribution in [2.75, 3.05) is 37.0 Å². The minimum atomic E-state index is -4.85. The molecule has 5 nitrogen and oxygen atoms in total. The first-order valence-corrected chi connectivity index (χ1v) is 7.93. The van der Waals surface area contributed by atoms with Crippen LogP contribution >= 0.6 is 23.2 Å². The number of carbonyl (C=O) groups excluding carboxylic acids is 1. The Morgan fingerprint density at radius 1 is 1.25 bits per heavy atom. The molecule has 0 atom stereocenters. The summed E-state index contributed by atoms with van der Waals surface area (Å²) in [5.74, 6) is -1.58. The Kier molecular flexibility index (Phi) is 5.82. The Morgan fingerprint density at radius 3 is 2.42 bits per heavy atom. The number of hydrogen-bond donors (Lipinski definition) is 1. The van der Waals surface area contributed by atoms with Crippen molar-refractivity contribution in [2.45, 2.75) is 6.18 Å². The molecule has 2 rings (SSSR count). The van der Waals surface area contributed by atoms with Crippen molar-refractivity contribution < 1.29 is 18.0 Å². The number of benzene rings is 1. The molecule has 0 bridgehead atoms. The van der Waals surface area contributed by atoms with Gasteiger partial charge < -0.3 is 15.5 Å². The SMILES string of the molecule is NC(CCl)=Nc1cc(Cl)ccc1N1CCN(C(=O)C(F)(F)F)CC1. The van der Waals surface area contributed by atoms with Crippen LogP contribution in [0.1, 0.15) is 0 Å². The van der Waals surface area contributed by atoms with E-state index in [1.165, 1.54) is 0 Å². The number of hydrogen-bond acceptors (Lipinski definition) is 3. The number of alkyl halides is 4. The highest BCUT2D eigenvalue weighted by Crippen LogP contribution is 2.32. The van der Waals surface area contributed by atoms with Crippen molar-refractivity contribution in [3.05, 3.63) is 23.2 Å². The van der Waals surface area contributed by atoms with Gasteiger partial charge in [0.2, 0.25) is 0 Å². The van der Waals surface area contributed by atoms with E-state index in [9.17, 15) is 18.0 Å². The number of piperazine rings is 1. The number of nitrogens with zero attached hydrogens (tertiary/aromatic N) is 3. The zero-order chi connectivity index (χ0) is 17.9. The molecule has 0 aromatic heterocycles. The number of rotatable bonds is 3. The second-order valence-electron chi connectivity index (χ2n) is 5.15. The maximum absolute atomic E-state index is 12.5. The second-order valence-corrected chi connectivity index (χ2v) is 5.85. The Bertz CT molecular complexity index is 643. The van der Waals surface area contributed by atoms with Gasteiger partial charge in [-0.05, 0) is 18.2 Å². The molecule has 24 heavy (non-hydrogen) atoms. The Balaban J connectivity index is 2.16. The summed E-state index contributed by atoms with van der Waals surface area (Å²) in [5.41, 5.74) is 6.80. The van der Waals surface area contributed by atoms with Crippen molar-refractivity contribution >= 4 is 46.3 Å². The van der Waals surface area contributed by atoms with Gasteiger partial charge in [-0.2, -0.15) is 13.2 Å². The summed E-state index contributed by atoms with van der Waals surface area (Å²) >= 11 is 11.6. The summed E-state index contributed by atoms with van der Waals surface area (Å²) in [5, 5.41) is 0.450. The molecule has 0 spiro atoms. The van der Waals surface area contributed by atoms with E-state index >= 15 is 0 Å². The van der Waals surface area contributed by atoms with Crippen LogP contribution < -0.4 is 10.6 Å². The molecule has 10 heteroatoms. The lowest BCUT2D eigenvalue weighted by atomic mass is 10.2. The number of anilines is 1. The first-order chi connectivity index (χ1) is 11.2. The third kappa shape index (κ3) is 4.45. The van der Waals surface area contributed by atoms with Gasteiger partial charge in [-0.3, -0.25) is 4.79 Å². The van der Waals surface area contributed by atoms with Crippen molar-refractivity contribution in [1.29, 1.82) is 0 Å². The Hall–Kier alpha value is -1.67. The number of halogens is 5. The highest BCUT2D eigenvalue weighted by atomic mass is 35.5. The minimum absolute atomic E-state index is 0.0326. The van der Waals surface area contributed by atoms with Gasteiger partial charge in [0.1, 0.15) is 5.84 Å². The normalized spacial score (nSPS) is 16.5. The van der Waals surface area contributed by atoms with Gasteiger partial charge in [-0.15, -0.1) is 11.6 Å². The fraction of sp³-hybridized carbons (Fsp3) is 0.429. The highest BCUT2D eigenvalue weighted by Gasteiger charge is 2.43. The average molecular weight is 383 g/mol. The molecule has 1 aliphatic heterocycles. The topological polar surface area (TPSA) is 61.9 Å². The smallest absolute Gasteiger partial charge is 0.386 e. The first kappa shape index (κ1) is 18.7. The van der Waals surface area contributed by atoms with E-state index in [1.54, 1.807) is 18.2 Å². The fourth-order valence-corrected chi connectivity index (χ4v) is 2.59. The van der Waals surface area contributed by atoms with E-state index in [0.29, 0.717) is 16.4 Å². The van der Waals surface area contributed by atoms with E-state index in [-0.39, 0.29) is 37.9 Å². The summed E-state index contributed by atoms with van der Waals surface area (Å²) in [6.45, 7) is 0.420. The zero-order valence-corrected chi connectivity index (χ0v) is 14.0. The largest absolute Gasteiger partial charge is 0.471 e. The molecule has 0 radical (unpaired) electrons. The maximum Gasteiger partial charge on any atom is 0.471 e. The molecule has 132 valence electrons. The van der Waals surface area contributed by atoms with E-state index < -0.39 is 12.1 Å². The Labute approximate surface area is 146 Å². The third-order valence-electron chi connectivity index (χ3n) is 3.49. The van der Waals surface area contributed by atoms with Crippen LogP contribution in [-0.2, 0) is 4.79 Å². The first-order valence-electron chi connectivity index (χ1n) is 7.02. The number of carbonyl (C=O) groups is 1. The van der Waals surface area contributed by atoms with Crippen molar-refractivity contribution in [3.8, 4) is 0 Å². The summed E-state index contributed by atoms with van der Waals surface area (Å²) in [6.07, 6.45) is -4.85. The highest BCUT2D eigenvalue weighted by molar-refractivity contribution is 6.31. The van der Waals surface area contributed by atoms with Gasteiger partial charge in [-0.1, -0.05) is 11.6 Å². The van der Waals surface area contributed by atoms with Crippen LogP contribution in [0.2, 0.25) is 5.02 Å². The van der Waals surface area contributed by atoms with Crippen LogP contribution in [0.3, 0.4) is 0 Å². The van der Waals surface area contributed by atoms with Crippen LogP contribution in [0.5, 0.6) is 0 Å². The van der Waals surface area contributed by atoms with Crippen molar-refractivity contribution in [2.24, 2.45) is 10.7 Å². The average Bonchev–Trinajstić information content (AvgIpc) is 2.53. The lowest BCUT2D eigenvalue weighted by Gasteiger charge is -2.36. The zero-order valence-electron chi connectivity index (χ0n) is 12.5. The summed E-state index contributed by atoms with van der Waals surface area (Å²) in [4.78, 5) is 18.1. The van der Waals surface area contributed by atoms with Crippen LogP contribution in [0.25, 0.3) is 0 Å². The predicted octanol–water partition coefficient (Wildman–Crippen LogP) is 2.78. The molecule has 2 N–H and O–H groups in total. The summed E-state index contributed by atoms with van der Waals surface area (Å²) in [6, 6.07) is 4.97. The monoisotopic (exact) mass is 382 g/mol. The molecule has 0 aliphatic carbocycles. The molecular formula is C14H15Cl2F3N4O. The van der Waals surface area contributed by atoms with Crippen LogP contribution in [0, 0.1) is 0 Å². The number of amidine groups is 1. The van der Waals surface area contributed by atoms with Crippen LogP contribution in [0.4, 0.5) is 24.5 Å². The van der Waals surface area contributed by atoms with Crippen LogP contribution in [0.15, 0.2) is 23.2 Å². The Morgan fingerprint density at radius 2 is 1.88 bits per heavy atom. The number of amides is 1. The molecule has 1 heterocycles. The molecule has 1 amide bonds.